The first-order chi connectivity index (χ1) is 15.0. The molecule has 0 heterocycles. The molecule has 0 aliphatic carbocycles. The lowest BCUT2D eigenvalue weighted by atomic mass is 10.0. The van der Waals surface area contributed by atoms with Crippen LogP contribution in [0.1, 0.15) is 41.3 Å². The highest BCUT2D eigenvalue weighted by molar-refractivity contribution is 6.03. The van der Waals surface area contributed by atoms with Crippen molar-refractivity contribution in [3.63, 3.8) is 0 Å². The normalized spacial score (nSPS) is 11.2. The second-order valence-corrected chi connectivity index (χ2v) is 7.23. The van der Waals surface area contributed by atoms with E-state index in [9.17, 15) is 9.59 Å². The summed E-state index contributed by atoms with van der Waals surface area (Å²) in [6.45, 7) is 4.24. The Bertz CT molecular complexity index is 1070. The molecule has 3 aromatic rings. The third-order valence-corrected chi connectivity index (χ3v) is 4.65. The molecule has 0 saturated carbocycles. The van der Waals surface area contributed by atoms with Crippen LogP contribution in [-0.2, 0) is 9.53 Å². The molecule has 0 aliphatic rings. The second-order valence-electron chi connectivity index (χ2n) is 7.23. The van der Waals surface area contributed by atoms with Gasteiger partial charge in [0.1, 0.15) is 17.2 Å². The van der Waals surface area contributed by atoms with Crippen LogP contribution >= 0.6 is 0 Å². The van der Waals surface area contributed by atoms with Crippen molar-refractivity contribution in [1.82, 2.24) is 5.32 Å². The molecular formula is C26H25NO4. The van der Waals surface area contributed by atoms with E-state index in [2.05, 4.69) is 25.2 Å². The summed E-state index contributed by atoms with van der Waals surface area (Å²) in [6, 6.07) is 23.9. The fraction of sp³-hybridized carbons (Fsp3) is 0.154. The van der Waals surface area contributed by atoms with E-state index >= 15 is 0 Å². The van der Waals surface area contributed by atoms with E-state index < -0.39 is 5.97 Å². The van der Waals surface area contributed by atoms with E-state index in [1.165, 1.54) is 7.11 Å². The maximum atomic E-state index is 12.4. The van der Waals surface area contributed by atoms with Gasteiger partial charge < -0.3 is 14.8 Å². The number of carbonyl (C=O) groups is 2. The summed E-state index contributed by atoms with van der Waals surface area (Å²) in [7, 11) is 1.27. The molecule has 5 heteroatoms. The third kappa shape index (κ3) is 5.82. The molecule has 0 atom stereocenters. The van der Waals surface area contributed by atoms with Crippen LogP contribution in [0.4, 0.5) is 0 Å². The van der Waals surface area contributed by atoms with Crippen LogP contribution in [0.3, 0.4) is 0 Å². The highest BCUT2D eigenvalue weighted by Crippen LogP contribution is 2.30. The lowest BCUT2D eigenvalue weighted by molar-refractivity contribution is -0.136. The Labute approximate surface area is 182 Å². The summed E-state index contributed by atoms with van der Waals surface area (Å²) < 4.78 is 10.9. The molecule has 1 amide bonds. The lowest BCUT2D eigenvalue weighted by Crippen LogP contribution is -2.28. The molecule has 5 nitrogen and oxygen atoms in total. The topological polar surface area (TPSA) is 64.6 Å². The Kier molecular flexibility index (Phi) is 7.22. The second kappa shape index (κ2) is 10.3. The summed E-state index contributed by atoms with van der Waals surface area (Å²) in [5.74, 6) is 0.816. The number of hydrogen-bond acceptors (Lipinski definition) is 4. The SMILES string of the molecule is COC(=O)C(=Cc1ccc(Oc2ccccc2C(C)C)cc1)NC(=O)c1ccccc1. The maximum Gasteiger partial charge on any atom is 0.354 e. The van der Waals surface area contributed by atoms with Crippen LogP contribution in [0.2, 0.25) is 0 Å². The molecule has 0 unspecified atom stereocenters. The van der Waals surface area contributed by atoms with Gasteiger partial charge in [-0.25, -0.2) is 4.79 Å². The Hall–Kier alpha value is -3.86. The van der Waals surface area contributed by atoms with E-state index in [1.807, 2.05) is 48.5 Å². The summed E-state index contributed by atoms with van der Waals surface area (Å²) in [5.41, 5.74) is 2.35. The monoisotopic (exact) mass is 415 g/mol. The zero-order chi connectivity index (χ0) is 22.2. The minimum Gasteiger partial charge on any atom is -0.464 e. The summed E-state index contributed by atoms with van der Waals surface area (Å²) >= 11 is 0. The maximum absolute atomic E-state index is 12.4. The molecule has 0 saturated heterocycles. The number of esters is 1. The molecular weight excluding hydrogens is 390 g/mol. The minimum absolute atomic E-state index is 0.0511. The number of rotatable bonds is 7. The minimum atomic E-state index is -0.629. The average molecular weight is 415 g/mol. The van der Waals surface area contributed by atoms with Crippen molar-refractivity contribution >= 4 is 18.0 Å². The number of methoxy groups -OCH3 is 1. The number of amides is 1. The van der Waals surface area contributed by atoms with Gasteiger partial charge in [0.2, 0.25) is 0 Å². The molecule has 0 radical (unpaired) electrons. The largest absolute Gasteiger partial charge is 0.464 e. The molecule has 0 spiro atoms. The summed E-state index contributed by atoms with van der Waals surface area (Å²) in [5, 5.41) is 2.62. The van der Waals surface area contributed by atoms with Crippen LogP contribution in [0.15, 0.2) is 84.6 Å². The van der Waals surface area contributed by atoms with Gasteiger partial charge in [0.15, 0.2) is 0 Å². The van der Waals surface area contributed by atoms with Gasteiger partial charge >= 0.3 is 5.97 Å². The van der Waals surface area contributed by atoms with Crippen LogP contribution in [0.25, 0.3) is 6.08 Å². The zero-order valence-corrected chi connectivity index (χ0v) is 17.8. The lowest BCUT2D eigenvalue weighted by Gasteiger charge is -2.13. The fourth-order valence-electron chi connectivity index (χ4n) is 3.02. The molecule has 0 bridgehead atoms. The van der Waals surface area contributed by atoms with E-state index in [4.69, 9.17) is 9.47 Å². The number of carbonyl (C=O) groups excluding carboxylic acids is 2. The Balaban J connectivity index is 1.79. The smallest absolute Gasteiger partial charge is 0.354 e. The van der Waals surface area contributed by atoms with Gasteiger partial charge in [0.05, 0.1) is 7.11 Å². The van der Waals surface area contributed by atoms with Gasteiger partial charge in [-0.15, -0.1) is 0 Å². The molecule has 0 aliphatic heterocycles. The quantitative estimate of drug-likeness (QED) is 0.406. The van der Waals surface area contributed by atoms with Crippen molar-refractivity contribution in [3.8, 4) is 11.5 Å². The van der Waals surface area contributed by atoms with Crippen LogP contribution in [-0.4, -0.2) is 19.0 Å². The summed E-state index contributed by atoms with van der Waals surface area (Å²) in [6.07, 6.45) is 1.57. The first kappa shape index (κ1) is 21.8. The van der Waals surface area contributed by atoms with Gasteiger partial charge in [-0.2, -0.15) is 0 Å². The summed E-state index contributed by atoms with van der Waals surface area (Å²) in [4.78, 5) is 24.6. The van der Waals surface area contributed by atoms with Gasteiger partial charge in [0.25, 0.3) is 5.91 Å². The van der Waals surface area contributed by atoms with Gasteiger partial charge in [-0.05, 0) is 53.5 Å². The number of para-hydroxylation sites is 1. The predicted molar refractivity (Wildman–Crippen MR) is 121 cm³/mol. The van der Waals surface area contributed by atoms with Crippen molar-refractivity contribution in [2.24, 2.45) is 0 Å². The number of ether oxygens (including phenoxy) is 2. The van der Waals surface area contributed by atoms with Crippen molar-refractivity contribution in [3.05, 3.63) is 101 Å². The molecule has 158 valence electrons. The fourth-order valence-corrected chi connectivity index (χ4v) is 3.02. The van der Waals surface area contributed by atoms with E-state index in [1.54, 1.807) is 30.3 Å². The van der Waals surface area contributed by atoms with Crippen molar-refractivity contribution in [2.75, 3.05) is 7.11 Å². The Morgan fingerprint density at radius 3 is 2.16 bits per heavy atom. The first-order valence-electron chi connectivity index (χ1n) is 10.0. The molecule has 3 aromatic carbocycles. The van der Waals surface area contributed by atoms with Crippen LogP contribution < -0.4 is 10.1 Å². The average Bonchev–Trinajstić information content (AvgIpc) is 2.80. The molecule has 31 heavy (non-hydrogen) atoms. The zero-order valence-electron chi connectivity index (χ0n) is 17.8. The molecule has 1 N–H and O–H groups in total. The molecule has 3 rings (SSSR count). The number of hydrogen-bond donors (Lipinski definition) is 1. The van der Waals surface area contributed by atoms with Gasteiger partial charge in [0, 0.05) is 5.56 Å². The number of benzene rings is 3. The van der Waals surface area contributed by atoms with E-state index in [0.29, 0.717) is 17.2 Å². The number of nitrogens with one attached hydrogen (secondary N) is 1. The predicted octanol–water partition coefficient (Wildman–Crippen LogP) is 5.55. The first-order valence-corrected chi connectivity index (χ1v) is 10.0. The van der Waals surface area contributed by atoms with Crippen LogP contribution in [0, 0.1) is 0 Å². The third-order valence-electron chi connectivity index (χ3n) is 4.65. The van der Waals surface area contributed by atoms with E-state index in [0.717, 1.165) is 16.9 Å². The highest BCUT2D eigenvalue weighted by Gasteiger charge is 2.15. The highest BCUT2D eigenvalue weighted by atomic mass is 16.5. The van der Waals surface area contributed by atoms with Crippen molar-refractivity contribution in [1.29, 1.82) is 0 Å². The van der Waals surface area contributed by atoms with Crippen molar-refractivity contribution in [2.45, 2.75) is 19.8 Å². The van der Waals surface area contributed by atoms with Gasteiger partial charge in [-0.3, -0.25) is 4.79 Å². The molecule has 0 fully saturated rings. The van der Waals surface area contributed by atoms with Gasteiger partial charge in [-0.1, -0.05) is 62.4 Å². The van der Waals surface area contributed by atoms with E-state index in [-0.39, 0.29) is 11.6 Å². The Morgan fingerprint density at radius 2 is 1.52 bits per heavy atom. The van der Waals surface area contributed by atoms with Crippen molar-refractivity contribution < 1.29 is 19.1 Å². The standard InChI is InChI=1S/C26H25NO4/c1-18(2)22-11-7-8-12-24(22)31-21-15-13-19(14-16-21)17-23(26(29)30-3)27-25(28)20-9-5-4-6-10-20/h4-18H,1-3H3,(H,27,28). The molecule has 0 aromatic heterocycles. The van der Waals surface area contributed by atoms with Crippen LogP contribution in [0.5, 0.6) is 11.5 Å². The Morgan fingerprint density at radius 1 is 0.871 bits per heavy atom.